The second kappa shape index (κ2) is 19.5. The number of aromatic nitrogens is 4. The van der Waals surface area contributed by atoms with Crippen LogP contribution in [0.15, 0.2) is 72.8 Å². The quantitative estimate of drug-likeness (QED) is 0.165. The molecule has 0 radical (unpaired) electrons. The number of benzene rings is 4. The molecule has 3 aromatic heterocycles. The zero-order valence-corrected chi connectivity index (χ0v) is 46.5. The average molecular weight is 1230 g/mol. The van der Waals surface area contributed by atoms with Crippen LogP contribution in [0.4, 0.5) is 0 Å². The van der Waals surface area contributed by atoms with Crippen molar-refractivity contribution in [1.82, 2.24) is 19.9 Å². The molecule has 65 heavy (non-hydrogen) atoms. The summed E-state index contributed by atoms with van der Waals surface area (Å²) in [6.45, 7) is 0. The third-order valence-corrected chi connectivity index (χ3v) is 15.9. The molecule has 7 aromatic rings. The smallest absolute Gasteiger partial charge is 0.654 e. The molecule has 0 amide bonds. The Morgan fingerprint density at radius 3 is 0.600 bits per heavy atom. The van der Waals surface area contributed by atoms with Crippen molar-refractivity contribution in [3.8, 4) is 44.5 Å². The van der Waals surface area contributed by atoms with E-state index in [9.17, 15) is 0 Å². The van der Waals surface area contributed by atoms with E-state index in [1.165, 1.54) is 0 Å². The minimum Gasteiger partial charge on any atom is -0.654 e. The van der Waals surface area contributed by atoms with Gasteiger partial charge in [-0.05, 0) is 70.8 Å². The largest absolute Gasteiger partial charge is 2.00 e. The fourth-order valence-corrected chi connectivity index (χ4v) is 11.5. The summed E-state index contributed by atoms with van der Waals surface area (Å²) in [5, 5.41) is 0.343. The first-order valence-corrected chi connectivity index (χ1v) is 23.8. The maximum Gasteiger partial charge on any atom is 2.00 e. The molecule has 4 aromatic carbocycles. The second-order valence-corrected chi connectivity index (χ2v) is 19.9. The van der Waals surface area contributed by atoms with Crippen LogP contribution in [-0.2, 0) is 19.5 Å². The average Bonchev–Trinajstić information content (AvgIpc) is 3.91. The Balaban J connectivity index is 0.00000576. The van der Waals surface area contributed by atoms with E-state index < -0.39 is 0 Å². The van der Waals surface area contributed by atoms with Gasteiger partial charge in [-0.2, -0.15) is 0 Å². The van der Waals surface area contributed by atoms with Gasteiger partial charge in [-0.3, -0.25) is 0 Å². The van der Waals surface area contributed by atoms with E-state index in [1.807, 2.05) is 0 Å². The number of nitrogens with zero attached hydrogens (tertiary/aromatic N) is 4. The molecule has 8 bridgehead atoms. The van der Waals surface area contributed by atoms with Crippen molar-refractivity contribution in [2.45, 2.75) is 0 Å². The van der Waals surface area contributed by atoms with Crippen molar-refractivity contribution in [2.24, 2.45) is 0 Å². The zero-order chi connectivity index (χ0) is 45.8. The SMILES string of the molecule is ClC1=C(Cl)c2nc1c(-c1c(Cl)cccc1Cl)c1[n-]c(c(Cl)c1Cl)c(-c1c(Cl)cccc1Cl)c1nc(c(-c3c(Cl)cccc3Cl)c3[n-]c(c(Cl)c3Cl)c2-c2c(Cl)cccc2Cl)C(Cl)=C1Cl.[Zn+2]. The first-order chi connectivity index (χ1) is 30.4. The molecular weight excluding hydrogens is 1220 g/mol. The van der Waals surface area contributed by atoms with E-state index in [0.717, 1.165) is 0 Å². The Kier molecular flexibility index (Phi) is 15.0. The van der Waals surface area contributed by atoms with Gasteiger partial charge < -0.3 is 9.97 Å². The van der Waals surface area contributed by atoms with E-state index in [-0.39, 0.29) is 189 Å². The van der Waals surface area contributed by atoms with Gasteiger partial charge in [-0.15, -0.1) is 22.1 Å². The number of halogens is 16. The van der Waals surface area contributed by atoms with Gasteiger partial charge in [0.2, 0.25) is 0 Å². The van der Waals surface area contributed by atoms with Gasteiger partial charge >= 0.3 is 19.5 Å². The fourth-order valence-electron chi connectivity index (χ4n) is 7.34. The second-order valence-electron chi connectivity index (χ2n) is 13.6. The van der Waals surface area contributed by atoms with Crippen LogP contribution in [0, 0.1) is 0 Å². The molecule has 9 rings (SSSR count). The normalized spacial score (nSPS) is 12.7. The van der Waals surface area contributed by atoms with Gasteiger partial charge in [0, 0.05) is 82.5 Å². The van der Waals surface area contributed by atoms with Crippen LogP contribution in [0.2, 0.25) is 60.3 Å². The monoisotopic (exact) mass is 1220 g/mol. The van der Waals surface area contributed by atoms with Crippen molar-refractivity contribution >= 4 is 228 Å². The first kappa shape index (κ1) is 50.1. The van der Waals surface area contributed by atoms with Crippen LogP contribution < -0.4 is 9.97 Å². The van der Waals surface area contributed by atoms with Crippen LogP contribution in [0.1, 0.15) is 22.8 Å². The Hall–Kier alpha value is -1.26. The van der Waals surface area contributed by atoms with Gasteiger partial charge in [0.05, 0.1) is 42.9 Å². The molecule has 322 valence electrons. The van der Waals surface area contributed by atoms with Gasteiger partial charge in [-0.1, -0.05) is 210 Å². The van der Waals surface area contributed by atoms with Crippen molar-refractivity contribution in [3.05, 3.63) is 156 Å². The Morgan fingerprint density at radius 1 is 0.262 bits per heavy atom. The van der Waals surface area contributed by atoms with Crippen LogP contribution in [0.5, 0.6) is 0 Å². The fraction of sp³-hybridized carbons (Fsp3) is 0. The molecule has 5 heterocycles. The van der Waals surface area contributed by atoms with Crippen molar-refractivity contribution in [1.29, 1.82) is 0 Å². The zero-order valence-electron chi connectivity index (χ0n) is 31.5. The Labute approximate surface area is 462 Å². The first-order valence-electron chi connectivity index (χ1n) is 17.8. The van der Waals surface area contributed by atoms with E-state index in [0.29, 0.717) is 0 Å². The Morgan fingerprint density at radius 2 is 0.431 bits per heavy atom. The van der Waals surface area contributed by atoms with Crippen LogP contribution in [0.3, 0.4) is 0 Å². The van der Waals surface area contributed by atoms with E-state index in [2.05, 4.69) is 0 Å². The van der Waals surface area contributed by atoms with Crippen LogP contribution in [0.25, 0.3) is 86.7 Å². The number of rotatable bonds is 4. The van der Waals surface area contributed by atoms with Crippen molar-refractivity contribution in [2.75, 3.05) is 0 Å². The summed E-state index contributed by atoms with van der Waals surface area (Å²) in [6.07, 6.45) is 0. The summed E-state index contributed by atoms with van der Waals surface area (Å²) in [5.74, 6) is 0. The van der Waals surface area contributed by atoms with E-state index >= 15 is 0 Å². The number of hydrogen-bond donors (Lipinski definition) is 0. The van der Waals surface area contributed by atoms with Gasteiger partial charge in [0.1, 0.15) is 0 Å². The van der Waals surface area contributed by atoms with E-state index in [1.54, 1.807) is 72.8 Å². The molecule has 2 aliphatic rings. The number of hydrogen-bond acceptors (Lipinski definition) is 2. The standard InChI is InChI=1S/C44H12Cl16N4.Zn/c45-13-5-1-6-14(46)21(13)25-37-29(53)31(55)39(61-37)26(22-15(47)7-2-8-16(22)48)41-33(57)35(59)43(63-41)28(24-19(51)11-4-12-20(24)52)44-36(60)34(58)42(64-44)27(23-17(49)9-3-10-18(23)50)40-32(56)30(54)38(25)62-40;/h1-12H;/q-2;+2. The maximum atomic E-state index is 7.28. The molecular formula is C44H12Cl16N4Zn. The summed E-state index contributed by atoms with van der Waals surface area (Å²) in [4.78, 5) is 20.3. The minimum atomic E-state index is -0.108. The molecule has 0 fully saturated rings. The molecule has 0 aliphatic carbocycles. The Bertz CT molecular complexity index is 2960. The van der Waals surface area contributed by atoms with Crippen molar-refractivity contribution < 1.29 is 19.5 Å². The predicted octanol–water partition coefficient (Wildman–Crippen LogP) is 20.7. The summed E-state index contributed by atoms with van der Waals surface area (Å²) in [6, 6.07) is 19.4. The molecule has 0 saturated carbocycles. The molecule has 4 nitrogen and oxygen atoms in total. The van der Waals surface area contributed by atoms with E-state index in [4.69, 9.17) is 206 Å². The summed E-state index contributed by atoms with van der Waals surface area (Å²) >= 11 is 114. The molecule has 0 N–H and O–H groups in total. The number of fused-ring (bicyclic) bond motifs is 8. The van der Waals surface area contributed by atoms with Gasteiger partial charge in [0.25, 0.3) is 0 Å². The van der Waals surface area contributed by atoms with Gasteiger partial charge in [-0.25, -0.2) is 9.97 Å². The van der Waals surface area contributed by atoms with Gasteiger partial charge in [0.15, 0.2) is 0 Å². The third kappa shape index (κ3) is 8.33. The van der Waals surface area contributed by atoms with Crippen LogP contribution in [-0.4, -0.2) is 9.97 Å². The third-order valence-electron chi connectivity index (χ3n) is 10.1. The summed E-state index contributed by atoms with van der Waals surface area (Å²) in [7, 11) is 0. The maximum absolute atomic E-state index is 7.28. The summed E-state index contributed by atoms with van der Waals surface area (Å²) < 4.78 is 0. The molecule has 2 aliphatic heterocycles. The molecule has 0 atom stereocenters. The topological polar surface area (TPSA) is 54.0 Å². The molecule has 0 spiro atoms. The molecule has 21 heteroatoms. The molecule has 0 unspecified atom stereocenters. The minimum absolute atomic E-state index is 0. The van der Waals surface area contributed by atoms with Crippen molar-refractivity contribution in [3.63, 3.8) is 0 Å². The molecule has 0 saturated heterocycles. The van der Waals surface area contributed by atoms with Crippen LogP contribution >= 0.6 is 186 Å². The summed E-state index contributed by atoms with van der Waals surface area (Å²) in [5.41, 5.74) is 1.10. The predicted molar refractivity (Wildman–Crippen MR) is 278 cm³/mol.